The molecule has 1 aromatic rings. The van der Waals surface area contributed by atoms with Crippen LogP contribution < -0.4 is 0 Å². The van der Waals surface area contributed by atoms with Gasteiger partial charge in [0.1, 0.15) is 0 Å². The quantitative estimate of drug-likeness (QED) is 0.641. The fourth-order valence-corrected chi connectivity index (χ4v) is 3.13. The molecule has 0 saturated heterocycles. The fraction of sp³-hybridized carbons (Fsp3) is 0.600. The highest BCUT2D eigenvalue weighted by Crippen LogP contribution is 2.43. The molecule has 0 fully saturated rings. The Hall–Kier alpha value is -0.820. The summed E-state index contributed by atoms with van der Waals surface area (Å²) in [6, 6.07) is 8.65. The Morgan fingerprint density at radius 2 is 1.81 bits per heavy atom. The second-order valence-corrected chi connectivity index (χ2v) is 6.44. The summed E-state index contributed by atoms with van der Waals surface area (Å²) in [4.78, 5) is 0. The SMILES string of the molecule is CC(C)(C)[C@@H]1OCc2ccccc2C1(C)C. The third kappa shape index (κ3) is 1.78. The number of hydrogen-bond acceptors (Lipinski definition) is 1. The van der Waals surface area contributed by atoms with Crippen LogP contribution in [0.5, 0.6) is 0 Å². The van der Waals surface area contributed by atoms with Crippen molar-refractivity contribution in [2.75, 3.05) is 0 Å². The molecule has 0 amide bonds. The van der Waals surface area contributed by atoms with Crippen LogP contribution in [0.1, 0.15) is 45.7 Å². The van der Waals surface area contributed by atoms with Crippen LogP contribution in [0.3, 0.4) is 0 Å². The molecular formula is C15H22O. The van der Waals surface area contributed by atoms with Crippen molar-refractivity contribution in [2.24, 2.45) is 5.41 Å². The van der Waals surface area contributed by atoms with Crippen molar-refractivity contribution in [1.82, 2.24) is 0 Å². The summed E-state index contributed by atoms with van der Waals surface area (Å²) in [6.07, 6.45) is 0.273. The molecule has 0 N–H and O–H groups in total. The molecule has 1 heterocycles. The summed E-state index contributed by atoms with van der Waals surface area (Å²) >= 11 is 0. The van der Waals surface area contributed by atoms with Gasteiger partial charge in [0.05, 0.1) is 12.7 Å². The van der Waals surface area contributed by atoms with Crippen molar-refractivity contribution in [1.29, 1.82) is 0 Å². The van der Waals surface area contributed by atoms with Gasteiger partial charge in [-0.05, 0) is 16.5 Å². The van der Waals surface area contributed by atoms with Gasteiger partial charge in [-0.25, -0.2) is 0 Å². The van der Waals surface area contributed by atoms with E-state index in [2.05, 4.69) is 58.9 Å². The van der Waals surface area contributed by atoms with Gasteiger partial charge < -0.3 is 4.74 Å². The first-order valence-electron chi connectivity index (χ1n) is 6.03. The Balaban J connectivity index is 2.47. The molecule has 2 rings (SSSR count). The zero-order chi connectivity index (χ0) is 12.0. The molecule has 0 unspecified atom stereocenters. The lowest BCUT2D eigenvalue weighted by Crippen LogP contribution is -2.48. The molecule has 1 nitrogen and oxygen atoms in total. The Morgan fingerprint density at radius 3 is 2.44 bits per heavy atom. The average Bonchev–Trinajstić information content (AvgIpc) is 2.15. The minimum atomic E-state index is 0.0904. The van der Waals surface area contributed by atoms with Gasteiger partial charge in [-0.1, -0.05) is 58.9 Å². The maximum Gasteiger partial charge on any atom is 0.0724 e. The fourth-order valence-electron chi connectivity index (χ4n) is 3.13. The maximum atomic E-state index is 6.08. The molecule has 0 aliphatic carbocycles. The number of fused-ring (bicyclic) bond motifs is 1. The Morgan fingerprint density at radius 1 is 1.19 bits per heavy atom. The van der Waals surface area contributed by atoms with Gasteiger partial charge in [0.2, 0.25) is 0 Å². The molecule has 16 heavy (non-hydrogen) atoms. The highest BCUT2D eigenvalue weighted by molar-refractivity contribution is 5.36. The molecule has 1 aromatic carbocycles. The van der Waals surface area contributed by atoms with E-state index < -0.39 is 0 Å². The third-order valence-corrected chi connectivity index (χ3v) is 3.56. The second-order valence-electron chi connectivity index (χ2n) is 6.44. The number of benzene rings is 1. The van der Waals surface area contributed by atoms with Crippen molar-refractivity contribution in [2.45, 2.75) is 52.7 Å². The number of ether oxygens (including phenoxy) is 1. The molecule has 1 aliphatic rings. The monoisotopic (exact) mass is 218 g/mol. The molecule has 0 bridgehead atoms. The van der Waals surface area contributed by atoms with Gasteiger partial charge in [0.25, 0.3) is 0 Å². The summed E-state index contributed by atoms with van der Waals surface area (Å²) in [5, 5.41) is 0. The molecule has 1 atom stereocenters. The van der Waals surface area contributed by atoms with E-state index in [9.17, 15) is 0 Å². The highest BCUT2D eigenvalue weighted by Gasteiger charge is 2.43. The van der Waals surface area contributed by atoms with E-state index in [1.54, 1.807) is 0 Å². The van der Waals surface area contributed by atoms with E-state index in [4.69, 9.17) is 4.74 Å². The summed E-state index contributed by atoms with van der Waals surface area (Å²) in [5.74, 6) is 0. The third-order valence-electron chi connectivity index (χ3n) is 3.56. The summed E-state index contributed by atoms with van der Waals surface area (Å²) in [6.45, 7) is 12.1. The van der Waals surface area contributed by atoms with Gasteiger partial charge in [-0.15, -0.1) is 0 Å². The lowest BCUT2D eigenvalue weighted by atomic mass is 9.67. The standard InChI is InChI=1S/C15H22O/c1-14(2,3)13-15(4,5)12-9-7-6-8-11(12)10-16-13/h6-9,13H,10H2,1-5H3/t13-/m0/s1. The maximum absolute atomic E-state index is 6.08. The largest absolute Gasteiger partial charge is 0.372 e. The van der Waals surface area contributed by atoms with E-state index in [0.717, 1.165) is 6.61 Å². The van der Waals surface area contributed by atoms with Gasteiger partial charge in [-0.3, -0.25) is 0 Å². The topological polar surface area (TPSA) is 9.23 Å². The molecule has 1 heteroatoms. The van der Waals surface area contributed by atoms with E-state index >= 15 is 0 Å². The summed E-state index contributed by atoms with van der Waals surface area (Å²) < 4.78 is 6.08. The van der Waals surface area contributed by atoms with E-state index in [-0.39, 0.29) is 16.9 Å². The van der Waals surface area contributed by atoms with E-state index in [1.165, 1.54) is 11.1 Å². The smallest absolute Gasteiger partial charge is 0.0724 e. The van der Waals surface area contributed by atoms with Gasteiger partial charge in [0.15, 0.2) is 0 Å². The molecule has 88 valence electrons. The first-order chi connectivity index (χ1) is 7.33. The van der Waals surface area contributed by atoms with Crippen LogP contribution in [0.2, 0.25) is 0 Å². The molecule has 0 aromatic heterocycles. The highest BCUT2D eigenvalue weighted by atomic mass is 16.5. The van der Waals surface area contributed by atoms with Crippen LogP contribution >= 0.6 is 0 Å². The number of hydrogen-bond donors (Lipinski definition) is 0. The summed E-state index contributed by atoms with van der Waals surface area (Å²) in [7, 11) is 0. The minimum Gasteiger partial charge on any atom is -0.372 e. The zero-order valence-electron chi connectivity index (χ0n) is 11.0. The first-order valence-corrected chi connectivity index (χ1v) is 6.03. The van der Waals surface area contributed by atoms with Gasteiger partial charge >= 0.3 is 0 Å². The molecule has 1 aliphatic heterocycles. The molecular weight excluding hydrogens is 196 g/mol. The van der Waals surface area contributed by atoms with Crippen molar-refractivity contribution >= 4 is 0 Å². The van der Waals surface area contributed by atoms with Crippen LogP contribution in [0, 0.1) is 5.41 Å². The van der Waals surface area contributed by atoms with Gasteiger partial charge in [-0.2, -0.15) is 0 Å². The summed E-state index contributed by atoms with van der Waals surface area (Å²) in [5.41, 5.74) is 3.05. The van der Waals surface area contributed by atoms with Crippen molar-refractivity contribution < 1.29 is 4.74 Å². The minimum absolute atomic E-state index is 0.0904. The van der Waals surface area contributed by atoms with E-state index in [0.29, 0.717) is 0 Å². The molecule has 0 saturated carbocycles. The Bertz CT molecular complexity index is 385. The molecule has 0 spiro atoms. The predicted octanol–water partition coefficient (Wildman–Crippen LogP) is 3.91. The lowest BCUT2D eigenvalue weighted by molar-refractivity contribution is -0.0822. The van der Waals surface area contributed by atoms with Crippen molar-refractivity contribution in [3.05, 3.63) is 35.4 Å². The number of rotatable bonds is 0. The van der Waals surface area contributed by atoms with Crippen LogP contribution in [-0.4, -0.2) is 6.10 Å². The van der Waals surface area contributed by atoms with Crippen LogP contribution in [-0.2, 0) is 16.8 Å². The van der Waals surface area contributed by atoms with Crippen LogP contribution in [0.15, 0.2) is 24.3 Å². The lowest BCUT2D eigenvalue weighted by Gasteiger charge is -2.46. The first kappa shape index (κ1) is 11.7. The van der Waals surface area contributed by atoms with Crippen molar-refractivity contribution in [3.8, 4) is 0 Å². The van der Waals surface area contributed by atoms with Crippen LogP contribution in [0.25, 0.3) is 0 Å². The van der Waals surface area contributed by atoms with Crippen LogP contribution in [0.4, 0.5) is 0 Å². The predicted molar refractivity (Wildman–Crippen MR) is 67.5 cm³/mol. The Kier molecular flexibility index (Phi) is 2.62. The Labute approximate surface area is 98.8 Å². The molecule has 0 radical (unpaired) electrons. The van der Waals surface area contributed by atoms with Crippen molar-refractivity contribution in [3.63, 3.8) is 0 Å². The van der Waals surface area contributed by atoms with Gasteiger partial charge in [0, 0.05) is 5.41 Å². The average molecular weight is 218 g/mol. The normalized spacial score (nSPS) is 23.9. The second kappa shape index (κ2) is 3.59. The van der Waals surface area contributed by atoms with E-state index in [1.807, 2.05) is 0 Å². The zero-order valence-corrected chi connectivity index (χ0v) is 11.0.